The molecule has 152 valence electrons. The first kappa shape index (κ1) is 25.9. The topological polar surface area (TPSA) is 71.4 Å². The monoisotopic (exact) mass is 389 g/mol. The molecule has 0 saturated heterocycles. The number of unbranched alkanes of at least 4 members (excludes halogenated alkanes) is 15. The lowest BCUT2D eigenvalue weighted by Crippen LogP contribution is -2.15. The van der Waals surface area contributed by atoms with Crippen LogP contribution in [0.2, 0.25) is 0 Å². The molecule has 27 heavy (non-hydrogen) atoms. The van der Waals surface area contributed by atoms with Crippen LogP contribution in [-0.4, -0.2) is 12.3 Å². The minimum absolute atomic E-state index is 0.412. The molecule has 0 rings (SSSR count). The average molecular weight is 390 g/mol. The fourth-order valence-corrected chi connectivity index (χ4v) is 4.56. The van der Waals surface area contributed by atoms with Gasteiger partial charge >= 0.3 is 0 Å². The Morgan fingerprint density at radius 1 is 0.556 bits per heavy atom. The molecular weight excluding hydrogens is 349 g/mol. The van der Waals surface area contributed by atoms with Gasteiger partial charge in [0, 0.05) is 6.16 Å². The number of rotatable bonds is 19. The highest BCUT2D eigenvalue weighted by molar-refractivity contribution is 7.38. The molecule has 0 saturated carbocycles. The van der Waals surface area contributed by atoms with Gasteiger partial charge in [-0.1, -0.05) is 103 Å². The minimum Gasteiger partial charge on any atom is -0.195 e. The van der Waals surface area contributed by atoms with Gasteiger partial charge in [0.25, 0.3) is 0 Å². The van der Waals surface area contributed by atoms with Gasteiger partial charge in [0.2, 0.25) is 5.41 Å². The second-order valence-electron chi connectivity index (χ2n) is 7.72. The summed E-state index contributed by atoms with van der Waals surface area (Å²) in [6.45, 7) is 2.27. The molecule has 0 bridgehead atoms. The summed E-state index contributed by atoms with van der Waals surface area (Å²) < 4.78 is 0. The van der Waals surface area contributed by atoms with Gasteiger partial charge in [0.1, 0.15) is 18.2 Å². The largest absolute Gasteiger partial charge is 0.232 e. The molecule has 4 heteroatoms. The van der Waals surface area contributed by atoms with Gasteiger partial charge < -0.3 is 0 Å². The van der Waals surface area contributed by atoms with Gasteiger partial charge in [-0.2, -0.15) is 15.8 Å². The number of nitriles is 3. The summed E-state index contributed by atoms with van der Waals surface area (Å²) in [5, 5.41) is 26.8. The van der Waals surface area contributed by atoms with Crippen LogP contribution in [0, 0.1) is 39.4 Å². The van der Waals surface area contributed by atoms with Gasteiger partial charge in [-0.05, 0) is 12.6 Å². The van der Waals surface area contributed by atoms with Crippen molar-refractivity contribution in [2.45, 2.75) is 110 Å². The highest BCUT2D eigenvalue weighted by Crippen LogP contribution is 2.26. The van der Waals surface area contributed by atoms with Crippen molar-refractivity contribution in [1.82, 2.24) is 0 Å². The Hall–Kier alpha value is -1.10. The molecule has 0 aromatic rings. The van der Waals surface area contributed by atoms with Crippen LogP contribution in [0.15, 0.2) is 0 Å². The molecular formula is C23H40N3P. The fourth-order valence-electron chi connectivity index (χ4n) is 3.27. The van der Waals surface area contributed by atoms with Gasteiger partial charge in [-0.25, -0.2) is 0 Å². The fraction of sp³-hybridized carbons (Fsp3) is 0.870. The molecule has 0 aliphatic carbocycles. The minimum atomic E-state index is -1.41. The summed E-state index contributed by atoms with van der Waals surface area (Å²) in [7, 11) is 0.548. The zero-order valence-electron chi connectivity index (χ0n) is 17.6. The van der Waals surface area contributed by atoms with Crippen LogP contribution in [-0.2, 0) is 0 Å². The molecule has 0 aliphatic rings. The summed E-state index contributed by atoms with van der Waals surface area (Å²) in [6.07, 6.45) is 23.4. The quantitative estimate of drug-likeness (QED) is 0.170. The summed E-state index contributed by atoms with van der Waals surface area (Å²) >= 11 is 0. The molecule has 1 unspecified atom stereocenters. The predicted octanol–water partition coefficient (Wildman–Crippen LogP) is 7.48. The van der Waals surface area contributed by atoms with Crippen molar-refractivity contribution >= 4 is 8.58 Å². The molecule has 0 fully saturated rings. The molecule has 0 heterocycles. The summed E-state index contributed by atoms with van der Waals surface area (Å²) in [5.74, 6) is 0. The SMILES string of the molecule is CCCCCCCCCCCCCCCCCCPCC(C#N)(C#N)C#N. The van der Waals surface area contributed by atoms with Crippen LogP contribution >= 0.6 is 8.58 Å². The zero-order valence-corrected chi connectivity index (χ0v) is 18.6. The van der Waals surface area contributed by atoms with E-state index in [1.165, 1.54) is 96.3 Å². The molecule has 0 aromatic carbocycles. The zero-order chi connectivity index (χ0) is 20.1. The van der Waals surface area contributed by atoms with Gasteiger partial charge in [-0.3, -0.25) is 0 Å². The smallest absolute Gasteiger partial charge is 0.195 e. The highest BCUT2D eigenvalue weighted by Gasteiger charge is 2.28. The van der Waals surface area contributed by atoms with E-state index >= 15 is 0 Å². The Balaban J connectivity index is 3.23. The van der Waals surface area contributed by atoms with E-state index in [2.05, 4.69) is 6.92 Å². The first-order chi connectivity index (χ1) is 13.2. The molecule has 0 spiro atoms. The van der Waals surface area contributed by atoms with Crippen LogP contribution in [0.1, 0.15) is 110 Å². The van der Waals surface area contributed by atoms with Crippen molar-refractivity contribution in [3.63, 3.8) is 0 Å². The average Bonchev–Trinajstić information content (AvgIpc) is 2.70. The maximum absolute atomic E-state index is 8.93. The van der Waals surface area contributed by atoms with E-state index in [1.807, 2.05) is 18.2 Å². The lowest BCUT2D eigenvalue weighted by molar-refractivity contribution is 0.531. The van der Waals surface area contributed by atoms with Crippen LogP contribution < -0.4 is 0 Å². The van der Waals surface area contributed by atoms with Crippen molar-refractivity contribution in [3.05, 3.63) is 0 Å². The van der Waals surface area contributed by atoms with Crippen LogP contribution in [0.4, 0.5) is 0 Å². The molecule has 0 N–H and O–H groups in total. The van der Waals surface area contributed by atoms with Gasteiger partial charge in [-0.15, -0.1) is 8.58 Å². The number of hydrogen-bond acceptors (Lipinski definition) is 3. The molecule has 0 radical (unpaired) electrons. The Morgan fingerprint density at radius 2 is 0.889 bits per heavy atom. The standard InChI is InChI=1S/C23H40N3P/c1-2-3-4-5-6-7-8-9-10-11-12-13-14-15-16-17-18-27-22-23(19-24,20-25)21-26/h27H,2-18,22H2,1H3. The highest BCUT2D eigenvalue weighted by atomic mass is 31.1. The first-order valence-electron chi connectivity index (χ1n) is 11.2. The number of nitrogens with zero attached hydrogens (tertiary/aromatic N) is 3. The molecule has 1 atom stereocenters. The van der Waals surface area contributed by atoms with E-state index in [1.54, 1.807) is 0 Å². The summed E-state index contributed by atoms with van der Waals surface area (Å²) in [5.41, 5.74) is -1.41. The molecule has 0 amide bonds. The third-order valence-electron chi connectivity index (χ3n) is 5.17. The van der Waals surface area contributed by atoms with Gasteiger partial charge in [0.15, 0.2) is 0 Å². The van der Waals surface area contributed by atoms with E-state index in [-0.39, 0.29) is 0 Å². The second-order valence-corrected chi connectivity index (χ2v) is 9.07. The Bertz CT molecular complexity index is 420. The van der Waals surface area contributed by atoms with Crippen molar-refractivity contribution in [2.24, 2.45) is 5.41 Å². The van der Waals surface area contributed by atoms with Crippen molar-refractivity contribution in [2.75, 3.05) is 12.3 Å². The maximum atomic E-state index is 8.93. The van der Waals surface area contributed by atoms with Crippen molar-refractivity contribution in [1.29, 1.82) is 15.8 Å². The van der Waals surface area contributed by atoms with Crippen LogP contribution in [0.3, 0.4) is 0 Å². The van der Waals surface area contributed by atoms with Crippen molar-refractivity contribution < 1.29 is 0 Å². The normalized spacial score (nSPS) is 11.3. The maximum Gasteiger partial charge on any atom is 0.232 e. The third kappa shape index (κ3) is 15.6. The van der Waals surface area contributed by atoms with Crippen LogP contribution in [0.25, 0.3) is 0 Å². The molecule has 0 aliphatic heterocycles. The third-order valence-corrected chi connectivity index (χ3v) is 6.66. The Labute approximate surface area is 170 Å². The lowest BCUT2D eigenvalue weighted by atomic mass is 9.97. The van der Waals surface area contributed by atoms with E-state index in [9.17, 15) is 0 Å². The Morgan fingerprint density at radius 3 is 1.22 bits per heavy atom. The number of hydrogen-bond donors (Lipinski definition) is 0. The van der Waals surface area contributed by atoms with E-state index in [0.717, 1.165) is 12.6 Å². The summed E-state index contributed by atoms with van der Waals surface area (Å²) in [6, 6.07) is 5.57. The molecule has 0 aromatic heterocycles. The van der Waals surface area contributed by atoms with E-state index in [0.29, 0.717) is 14.7 Å². The van der Waals surface area contributed by atoms with E-state index < -0.39 is 5.41 Å². The second kappa shape index (κ2) is 19.7. The predicted molar refractivity (Wildman–Crippen MR) is 117 cm³/mol. The van der Waals surface area contributed by atoms with Crippen molar-refractivity contribution in [3.8, 4) is 18.2 Å². The van der Waals surface area contributed by atoms with Crippen LogP contribution in [0.5, 0.6) is 0 Å². The van der Waals surface area contributed by atoms with Gasteiger partial charge in [0.05, 0.1) is 0 Å². The summed E-state index contributed by atoms with van der Waals surface area (Å²) in [4.78, 5) is 0. The van der Waals surface area contributed by atoms with E-state index in [4.69, 9.17) is 15.8 Å². The first-order valence-corrected chi connectivity index (χ1v) is 12.6. The lowest BCUT2D eigenvalue weighted by Gasteiger charge is -2.08. The molecule has 3 nitrogen and oxygen atoms in total. The Kier molecular flexibility index (Phi) is 18.9.